The lowest BCUT2D eigenvalue weighted by molar-refractivity contribution is 0.489. The molecule has 0 aromatic heterocycles. The van der Waals surface area contributed by atoms with E-state index in [1.54, 1.807) is 0 Å². The quantitative estimate of drug-likeness (QED) is 0.264. The maximum atomic E-state index is 6.56. The Morgan fingerprint density at radius 3 is 2.16 bits per heavy atom. The molecule has 0 fully saturated rings. The summed E-state index contributed by atoms with van der Waals surface area (Å²) >= 11 is 0. The third kappa shape index (κ3) is 2.23. The van der Waals surface area contributed by atoms with E-state index in [0.29, 0.717) is 0 Å². The molecule has 0 bridgehead atoms. The first kappa shape index (κ1) is 17.8. The Hall–Kier alpha value is -3.84. The monoisotopic (exact) mass is 410 g/mol. The first-order valence-corrected chi connectivity index (χ1v) is 11.2. The van der Waals surface area contributed by atoms with Crippen LogP contribution in [0.4, 0.5) is 0 Å². The van der Waals surface area contributed by atoms with E-state index in [1.165, 1.54) is 44.2 Å². The van der Waals surface area contributed by atoms with Crippen molar-refractivity contribution in [2.45, 2.75) is 19.3 Å². The van der Waals surface area contributed by atoms with Crippen molar-refractivity contribution >= 4 is 10.8 Å². The molecular formula is C31H22O. The van der Waals surface area contributed by atoms with Crippen LogP contribution in [-0.2, 0) is 5.41 Å². The van der Waals surface area contributed by atoms with Crippen molar-refractivity contribution in [1.82, 2.24) is 0 Å². The van der Waals surface area contributed by atoms with Crippen LogP contribution in [0.3, 0.4) is 0 Å². The molecule has 32 heavy (non-hydrogen) atoms. The fourth-order valence-electron chi connectivity index (χ4n) is 5.70. The van der Waals surface area contributed by atoms with Gasteiger partial charge in [-0.1, -0.05) is 98.8 Å². The Morgan fingerprint density at radius 1 is 0.562 bits per heavy atom. The molecule has 7 rings (SSSR count). The minimum absolute atomic E-state index is 0.0195. The highest BCUT2D eigenvalue weighted by molar-refractivity contribution is 6.05. The highest BCUT2D eigenvalue weighted by atomic mass is 16.5. The topological polar surface area (TPSA) is 9.23 Å². The Morgan fingerprint density at radius 2 is 1.25 bits per heavy atom. The average Bonchev–Trinajstić information content (AvgIpc) is 3.06. The van der Waals surface area contributed by atoms with Crippen molar-refractivity contribution in [3.8, 4) is 44.9 Å². The molecule has 152 valence electrons. The van der Waals surface area contributed by atoms with Crippen LogP contribution < -0.4 is 4.74 Å². The van der Waals surface area contributed by atoms with Gasteiger partial charge in [0.15, 0.2) is 0 Å². The van der Waals surface area contributed by atoms with Crippen LogP contribution in [0.1, 0.15) is 25.0 Å². The Balaban J connectivity index is 1.46. The summed E-state index contributed by atoms with van der Waals surface area (Å²) in [5.74, 6) is 1.88. The van der Waals surface area contributed by atoms with Gasteiger partial charge in [0.25, 0.3) is 0 Å². The van der Waals surface area contributed by atoms with Crippen LogP contribution in [-0.4, -0.2) is 0 Å². The van der Waals surface area contributed by atoms with Gasteiger partial charge in [0.2, 0.25) is 0 Å². The van der Waals surface area contributed by atoms with Gasteiger partial charge in [0.05, 0.1) is 0 Å². The first-order chi connectivity index (χ1) is 15.6. The van der Waals surface area contributed by atoms with E-state index < -0.39 is 0 Å². The molecule has 1 heteroatoms. The minimum atomic E-state index is 0.0195. The molecule has 0 unspecified atom stereocenters. The molecule has 0 saturated carbocycles. The van der Waals surface area contributed by atoms with Gasteiger partial charge in [-0.05, 0) is 50.9 Å². The second-order valence-corrected chi connectivity index (χ2v) is 9.38. The third-order valence-corrected chi connectivity index (χ3v) is 7.28. The molecule has 0 spiro atoms. The van der Waals surface area contributed by atoms with E-state index in [0.717, 1.165) is 22.6 Å². The standard InChI is InChI=1S/C31H22O/c1-31(2)26-14-4-3-10-22(26)25-18-20(16-17-27(25)31)21-11-7-13-24-23-12-5-8-19-9-6-15-28(29(19)23)32-30(21)24/h3-18H,1-2H3. The van der Waals surface area contributed by atoms with E-state index in [2.05, 4.69) is 111 Å². The highest BCUT2D eigenvalue weighted by Crippen LogP contribution is 2.53. The molecule has 0 saturated heterocycles. The summed E-state index contributed by atoms with van der Waals surface area (Å²) < 4.78 is 6.56. The largest absolute Gasteiger partial charge is 0.455 e. The fraction of sp³-hybridized carbons (Fsp3) is 0.0968. The maximum Gasteiger partial charge on any atom is 0.143 e. The van der Waals surface area contributed by atoms with Crippen molar-refractivity contribution in [3.05, 3.63) is 108 Å². The van der Waals surface area contributed by atoms with E-state index in [9.17, 15) is 0 Å². The van der Waals surface area contributed by atoms with Crippen LogP contribution in [0.5, 0.6) is 11.5 Å². The lowest BCUT2D eigenvalue weighted by Crippen LogP contribution is -2.14. The van der Waals surface area contributed by atoms with Gasteiger partial charge in [-0.15, -0.1) is 0 Å². The third-order valence-electron chi connectivity index (χ3n) is 7.28. The Bertz CT molecular complexity index is 1570. The number of para-hydroxylation sites is 1. The van der Waals surface area contributed by atoms with Gasteiger partial charge in [0.1, 0.15) is 11.5 Å². The molecule has 1 aliphatic carbocycles. The van der Waals surface area contributed by atoms with Crippen LogP contribution in [0.15, 0.2) is 97.1 Å². The van der Waals surface area contributed by atoms with E-state index in [-0.39, 0.29) is 5.41 Å². The smallest absolute Gasteiger partial charge is 0.143 e. The zero-order valence-electron chi connectivity index (χ0n) is 18.1. The summed E-state index contributed by atoms with van der Waals surface area (Å²) in [4.78, 5) is 0. The van der Waals surface area contributed by atoms with Crippen molar-refractivity contribution in [2.75, 3.05) is 0 Å². The molecule has 2 aliphatic rings. The van der Waals surface area contributed by atoms with Crippen LogP contribution >= 0.6 is 0 Å². The summed E-state index contributed by atoms with van der Waals surface area (Å²) in [6.07, 6.45) is 0. The number of rotatable bonds is 1. The molecule has 0 N–H and O–H groups in total. The van der Waals surface area contributed by atoms with E-state index in [1.807, 2.05) is 0 Å². The van der Waals surface area contributed by atoms with Gasteiger partial charge in [0, 0.05) is 21.9 Å². The number of ether oxygens (including phenoxy) is 1. The molecular weight excluding hydrogens is 388 g/mol. The number of benzene rings is 5. The van der Waals surface area contributed by atoms with E-state index >= 15 is 0 Å². The maximum absolute atomic E-state index is 6.56. The summed E-state index contributed by atoms with van der Waals surface area (Å²) in [5, 5.41) is 2.41. The summed E-state index contributed by atoms with van der Waals surface area (Å²) in [7, 11) is 0. The fourth-order valence-corrected chi connectivity index (χ4v) is 5.70. The van der Waals surface area contributed by atoms with Gasteiger partial charge in [-0.3, -0.25) is 0 Å². The molecule has 1 aliphatic heterocycles. The molecule has 5 aromatic carbocycles. The lowest BCUT2D eigenvalue weighted by atomic mass is 9.82. The molecule has 5 aromatic rings. The second-order valence-electron chi connectivity index (χ2n) is 9.38. The van der Waals surface area contributed by atoms with Crippen molar-refractivity contribution in [3.63, 3.8) is 0 Å². The number of hydrogen-bond donors (Lipinski definition) is 0. The number of fused-ring (bicyclic) bond motifs is 5. The average molecular weight is 411 g/mol. The van der Waals surface area contributed by atoms with Gasteiger partial charge < -0.3 is 4.74 Å². The second kappa shape index (κ2) is 6.11. The zero-order valence-corrected chi connectivity index (χ0v) is 18.1. The van der Waals surface area contributed by atoms with Crippen LogP contribution in [0.25, 0.3) is 44.2 Å². The van der Waals surface area contributed by atoms with Crippen LogP contribution in [0.2, 0.25) is 0 Å². The Labute approximate surface area is 187 Å². The molecule has 0 atom stereocenters. The van der Waals surface area contributed by atoms with Crippen LogP contribution in [0, 0.1) is 0 Å². The first-order valence-electron chi connectivity index (χ1n) is 11.2. The predicted molar refractivity (Wildman–Crippen MR) is 132 cm³/mol. The van der Waals surface area contributed by atoms with Gasteiger partial charge in [-0.2, -0.15) is 0 Å². The zero-order chi connectivity index (χ0) is 21.4. The molecule has 1 heterocycles. The van der Waals surface area contributed by atoms with Crippen molar-refractivity contribution in [1.29, 1.82) is 0 Å². The van der Waals surface area contributed by atoms with Gasteiger partial charge in [-0.25, -0.2) is 0 Å². The highest BCUT2D eigenvalue weighted by Gasteiger charge is 2.35. The summed E-state index contributed by atoms with van der Waals surface area (Å²) in [6.45, 7) is 4.64. The van der Waals surface area contributed by atoms with E-state index in [4.69, 9.17) is 4.74 Å². The normalized spacial score (nSPS) is 14.4. The molecule has 1 nitrogen and oxygen atoms in total. The summed E-state index contributed by atoms with van der Waals surface area (Å²) in [6, 6.07) is 35.0. The molecule has 0 radical (unpaired) electrons. The number of hydrogen-bond acceptors (Lipinski definition) is 1. The van der Waals surface area contributed by atoms with Gasteiger partial charge >= 0.3 is 0 Å². The lowest BCUT2D eigenvalue weighted by Gasteiger charge is -2.24. The minimum Gasteiger partial charge on any atom is -0.455 e. The van der Waals surface area contributed by atoms with Crippen molar-refractivity contribution in [2.24, 2.45) is 0 Å². The van der Waals surface area contributed by atoms with Crippen molar-refractivity contribution < 1.29 is 4.74 Å². The predicted octanol–water partition coefficient (Wildman–Crippen LogP) is 8.59. The Kier molecular flexibility index (Phi) is 3.40. The summed E-state index contributed by atoms with van der Waals surface area (Å²) in [5.41, 5.74) is 10.2. The molecule has 0 amide bonds. The SMILES string of the molecule is CC1(C)c2ccccc2-c2cc(-c3cccc4c3Oc3cccc5cccc-4c35)ccc21.